The van der Waals surface area contributed by atoms with E-state index in [1.54, 1.807) is 4.57 Å². The lowest BCUT2D eigenvalue weighted by atomic mass is 9.33. The van der Waals surface area contributed by atoms with E-state index in [-0.39, 0.29) is 59.7 Å². The van der Waals surface area contributed by atoms with E-state index < -0.39 is 82.1 Å². The van der Waals surface area contributed by atoms with Crippen molar-refractivity contribution in [1.82, 2.24) is 9.13 Å². The number of hydrogen-bond acceptors (Lipinski definition) is 2. The molecule has 14 aromatic carbocycles. The van der Waals surface area contributed by atoms with Gasteiger partial charge in [0.05, 0.1) is 50.1 Å². The summed E-state index contributed by atoms with van der Waals surface area (Å²) in [6, 6.07) is 79.7. The number of aromatic nitrogens is 2. The summed E-state index contributed by atoms with van der Waals surface area (Å²) in [5.41, 5.74) is 32.1. The van der Waals surface area contributed by atoms with E-state index in [0.29, 0.717) is 5.69 Å². The second-order valence-corrected chi connectivity index (χ2v) is 52.4. The smallest absolute Gasteiger partial charge is 0.252 e. The van der Waals surface area contributed by atoms with Crippen molar-refractivity contribution < 1.29 is 11.0 Å². The molecule has 0 bridgehead atoms. The maximum absolute atomic E-state index is 10.7. The van der Waals surface area contributed by atoms with Gasteiger partial charge in [0, 0.05) is 72.2 Å². The Balaban J connectivity index is 1.17. The van der Waals surface area contributed by atoms with Crippen molar-refractivity contribution in [2.45, 2.75) is 314 Å². The molecule has 2 aliphatic heterocycles. The van der Waals surface area contributed by atoms with Gasteiger partial charge in [-0.15, -0.1) is 0 Å². The molecule has 0 fully saturated rings. The minimum Gasteiger partial charge on any atom is -0.310 e. The number of benzene rings is 14. The summed E-state index contributed by atoms with van der Waals surface area (Å²) in [5, 5.41) is 2.28. The minimum absolute atomic E-state index is 0.0116. The second kappa shape index (κ2) is 32.5. The molecule has 0 spiro atoms. The molecule has 4 nitrogen and oxygen atoms in total. The highest BCUT2D eigenvalue weighted by molar-refractivity contribution is 7.00. The SMILES string of the molecule is [2H]c1c([2H])c([2H])c2c(c1[2H])c1c([2H])c([2H])c([2H])c([2H])c1n2-c1cc2c3c(c1)N(c1c(-c4ccccc4C(C)(C)C)cc(C(C)(C)C)cc1-c1ccc(C(C)(C)C)cc1C(C)(C)C)c1cc(-n4c5ccc(C(C)(C)C)cc5c5cc(C(C)(C)C)ccc54)ccc1B3c1ccc(-c3cc(C(C)(C)C)cc(C(C)(C)C)c3)cc1N2c1c(-c2ccc(C(C)(C)C)cc2)cc(C(C)(C)C)cc1-c1cc(C(C)(C)C)ccc1C(C)(C)C. The van der Waals surface area contributed by atoms with Crippen molar-refractivity contribution in [3.05, 3.63) is 327 Å². The molecule has 0 amide bonds. The zero-order valence-corrected chi connectivity index (χ0v) is 89.1. The summed E-state index contributed by atoms with van der Waals surface area (Å²) >= 11 is 0. The van der Waals surface area contributed by atoms with Gasteiger partial charge in [-0.3, -0.25) is 0 Å². The van der Waals surface area contributed by atoms with Gasteiger partial charge in [0.15, 0.2) is 0 Å². The van der Waals surface area contributed by atoms with Crippen LogP contribution in [0.2, 0.25) is 0 Å². The second-order valence-electron chi connectivity index (χ2n) is 52.4. The molecule has 0 unspecified atom stereocenters. The molecule has 0 atom stereocenters. The molecule has 0 aliphatic carbocycles. The number of hydrogen-bond donors (Lipinski definition) is 0. The highest BCUT2D eigenvalue weighted by atomic mass is 15.2. The molecule has 2 aliphatic rings. The van der Waals surface area contributed by atoms with Gasteiger partial charge in [0.1, 0.15) is 0 Å². The summed E-state index contributed by atoms with van der Waals surface area (Å²) < 4.78 is 85.9. The average Bonchev–Trinajstić information content (AvgIpc) is 1.67. The van der Waals surface area contributed by atoms with E-state index in [9.17, 15) is 11.0 Å². The highest BCUT2D eigenvalue weighted by Gasteiger charge is 2.48. The quantitative estimate of drug-likeness (QED) is 0.134. The molecule has 0 N–H and O–H groups in total. The van der Waals surface area contributed by atoms with Crippen LogP contribution in [0, 0.1) is 0 Å². The number of fused-ring (bicyclic) bond motifs is 10. The first-order valence-corrected chi connectivity index (χ1v) is 50.1. The Morgan fingerprint density at radius 2 is 0.562 bits per heavy atom. The normalized spacial score (nSPS) is 14.8. The molecule has 702 valence electrons. The van der Waals surface area contributed by atoms with Crippen LogP contribution >= 0.6 is 0 Å². The first-order chi connectivity index (χ1) is 66.8. The van der Waals surface area contributed by atoms with E-state index >= 15 is 0 Å². The Kier molecular flexibility index (Phi) is 20.3. The monoisotopic (exact) mass is 1810 g/mol. The van der Waals surface area contributed by atoms with E-state index in [0.717, 1.165) is 156 Å². The Morgan fingerprint density at radius 3 is 1.04 bits per heavy atom. The van der Waals surface area contributed by atoms with Gasteiger partial charge in [-0.25, -0.2) is 0 Å². The minimum atomic E-state index is -0.625. The van der Waals surface area contributed by atoms with E-state index in [2.05, 4.69) is 476 Å². The third-order valence-corrected chi connectivity index (χ3v) is 29.5. The zero-order valence-electron chi connectivity index (χ0n) is 97.1. The predicted octanol–water partition coefficient (Wildman–Crippen LogP) is 35.9. The van der Waals surface area contributed by atoms with Gasteiger partial charge < -0.3 is 18.9 Å². The first-order valence-electron chi connectivity index (χ1n) is 54.1. The third-order valence-electron chi connectivity index (χ3n) is 29.5. The fourth-order valence-electron chi connectivity index (χ4n) is 21.2. The molecule has 2 aromatic heterocycles. The maximum Gasteiger partial charge on any atom is 0.252 e. The number of para-hydroxylation sites is 2. The Bertz CT molecular complexity index is 7880. The van der Waals surface area contributed by atoms with Crippen molar-refractivity contribution in [3.63, 3.8) is 0 Å². The lowest BCUT2D eigenvalue weighted by Crippen LogP contribution is -2.61. The van der Waals surface area contributed by atoms with Crippen molar-refractivity contribution >= 4 is 101 Å². The Morgan fingerprint density at radius 1 is 0.212 bits per heavy atom. The van der Waals surface area contributed by atoms with Crippen LogP contribution in [-0.4, -0.2) is 15.8 Å². The summed E-state index contributed by atoms with van der Waals surface area (Å²) in [5.74, 6) is 0. The molecular weight excluding hydrogens is 1650 g/mol. The Hall–Kier alpha value is -11.7. The predicted molar refractivity (Wildman–Crippen MR) is 601 cm³/mol. The maximum atomic E-state index is 10.7. The van der Waals surface area contributed by atoms with Gasteiger partial charge in [-0.2, -0.15) is 0 Å². The van der Waals surface area contributed by atoms with E-state index in [1.807, 2.05) is 0 Å². The fraction of sp³-hybridized carbons (Fsp3) is 0.364. The van der Waals surface area contributed by atoms with Crippen LogP contribution in [0.15, 0.2) is 261 Å². The molecule has 137 heavy (non-hydrogen) atoms. The molecule has 0 radical (unpaired) electrons. The summed E-state index contributed by atoms with van der Waals surface area (Å²) in [4.78, 5) is 5.22. The van der Waals surface area contributed by atoms with Crippen molar-refractivity contribution in [2.24, 2.45) is 0 Å². The topological polar surface area (TPSA) is 16.3 Å². The largest absolute Gasteiger partial charge is 0.310 e. The van der Waals surface area contributed by atoms with Gasteiger partial charge in [-0.1, -0.05) is 419 Å². The van der Waals surface area contributed by atoms with Gasteiger partial charge in [0.2, 0.25) is 0 Å². The van der Waals surface area contributed by atoms with Crippen molar-refractivity contribution in [1.29, 1.82) is 0 Å². The van der Waals surface area contributed by atoms with Crippen LogP contribution in [0.25, 0.3) is 111 Å². The van der Waals surface area contributed by atoms with Crippen molar-refractivity contribution in [3.8, 4) is 67.0 Å². The van der Waals surface area contributed by atoms with Gasteiger partial charge in [-0.05, 0) is 272 Å². The van der Waals surface area contributed by atoms with Gasteiger partial charge in [0.25, 0.3) is 6.71 Å². The van der Waals surface area contributed by atoms with Gasteiger partial charge >= 0.3 is 0 Å². The van der Waals surface area contributed by atoms with Crippen LogP contribution in [0.1, 0.15) is 327 Å². The van der Waals surface area contributed by atoms with Crippen LogP contribution in [-0.2, 0) is 65.0 Å². The molecule has 4 heterocycles. The van der Waals surface area contributed by atoms with Crippen LogP contribution in [0.5, 0.6) is 0 Å². The number of rotatable bonds is 9. The summed E-state index contributed by atoms with van der Waals surface area (Å²) in [7, 11) is 0. The van der Waals surface area contributed by atoms with Crippen LogP contribution in [0.4, 0.5) is 34.1 Å². The van der Waals surface area contributed by atoms with Crippen molar-refractivity contribution in [2.75, 3.05) is 9.80 Å². The highest BCUT2D eigenvalue weighted by Crippen LogP contribution is 2.59. The fourth-order valence-corrected chi connectivity index (χ4v) is 21.2. The Labute approximate surface area is 834 Å². The molecule has 5 heteroatoms. The lowest BCUT2D eigenvalue weighted by Gasteiger charge is -2.46. The standard InChI is InChI=1S/C132H151BN4/c1-121(2,3)83-52-49-80(50-53-83)98-72-90(128(22,23)24)75-104(99-69-84(122(4,5)6)55-60-106(99)131(31,32)33)119(98)136-114-67-81(82-65-88(126(16,17)18)68-89(66-82)127(19,20)21)51-61-108(114)133-109-62-58-92(134-112-63-56-85(123(7,8)9)70-100(112)101-71-86(124(10,11)12)57-64-113(101)134)77-115(109)137(117-79-93(78-116(136)118(117)133)135-110-47-41-38-44-96(110)97-45-39-42-48-111(97)135)120-102(94-43-37-40-46-105(94)130(28,29)30)73-91(129(25,26)27)74-103(120)95-59-54-87(125(13,14)15)76-107(95)132(34,35)36/h37-79H,1-36H3/i38D,39D,41D,42D,44D,45D,47D,48D. The molecule has 18 rings (SSSR count). The summed E-state index contributed by atoms with van der Waals surface area (Å²) in [6.07, 6.45) is 0. The van der Waals surface area contributed by atoms with Crippen LogP contribution in [0.3, 0.4) is 0 Å². The summed E-state index contributed by atoms with van der Waals surface area (Å²) in [6.45, 7) is 82.8. The average molecular weight is 1810 g/mol. The molecule has 0 saturated carbocycles. The van der Waals surface area contributed by atoms with E-state index in [4.69, 9.17) is 0 Å². The first kappa shape index (κ1) is 85.7. The zero-order chi connectivity index (χ0) is 106. The third kappa shape index (κ3) is 17.2. The lowest BCUT2D eigenvalue weighted by molar-refractivity contribution is 0.568. The number of nitrogens with zero attached hydrogens (tertiary/aromatic N) is 4. The number of anilines is 6. The van der Waals surface area contributed by atoms with E-state index in [1.165, 1.54) is 44.5 Å². The molecule has 16 aromatic rings. The molecular formula is C132H151BN4. The van der Waals surface area contributed by atoms with Crippen LogP contribution < -0.4 is 26.2 Å². The molecule has 0 saturated heterocycles.